The Labute approximate surface area is 113 Å². The highest BCUT2D eigenvalue weighted by atomic mass is 16.5. The second-order valence-corrected chi connectivity index (χ2v) is 4.46. The van der Waals surface area contributed by atoms with E-state index in [9.17, 15) is 4.79 Å². The summed E-state index contributed by atoms with van der Waals surface area (Å²) in [5, 5.41) is 3.01. The first-order valence-corrected chi connectivity index (χ1v) is 6.48. The number of hydrogen-bond donors (Lipinski definition) is 1. The number of rotatable bonds is 3. The minimum absolute atomic E-state index is 0.0312. The van der Waals surface area contributed by atoms with Crippen LogP contribution in [0.3, 0.4) is 0 Å². The summed E-state index contributed by atoms with van der Waals surface area (Å²) < 4.78 is 10.9. The van der Waals surface area contributed by atoms with Crippen molar-refractivity contribution >= 4 is 5.91 Å². The molecule has 0 saturated heterocycles. The largest absolute Gasteiger partial charge is 0.497 e. The molecule has 4 nitrogen and oxygen atoms in total. The number of amides is 1. The topological polar surface area (TPSA) is 47.6 Å². The van der Waals surface area contributed by atoms with Crippen molar-refractivity contribution in [3.63, 3.8) is 0 Å². The van der Waals surface area contributed by atoms with Crippen LogP contribution in [0.4, 0.5) is 0 Å². The van der Waals surface area contributed by atoms with E-state index >= 15 is 0 Å². The Hall–Kier alpha value is -1.97. The fourth-order valence-corrected chi connectivity index (χ4v) is 2.20. The van der Waals surface area contributed by atoms with Crippen molar-refractivity contribution in [3.05, 3.63) is 35.9 Å². The van der Waals surface area contributed by atoms with Gasteiger partial charge in [0.15, 0.2) is 0 Å². The molecule has 1 amide bonds. The third kappa shape index (κ3) is 3.28. The van der Waals surface area contributed by atoms with E-state index in [4.69, 9.17) is 9.47 Å². The molecular formula is C15H19NO3. The molecule has 0 aromatic heterocycles. The van der Waals surface area contributed by atoms with Crippen LogP contribution in [0.15, 0.2) is 30.4 Å². The molecule has 2 rings (SSSR count). The van der Waals surface area contributed by atoms with E-state index in [1.165, 1.54) is 6.08 Å². The third-order valence-electron chi connectivity index (χ3n) is 3.12. The first-order chi connectivity index (χ1) is 9.24. The summed E-state index contributed by atoms with van der Waals surface area (Å²) >= 11 is 0. The highest BCUT2D eigenvalue weighted by Crippen LogP contribution is 2.34. The second-order valence-electron chi connectivity index (χ2n) is 4.46. The van der Waals surface area contributed by atoms with Crippen LogP contribution in [0.2, 0.25) is 0 Å². The Morgan fingerprint density at radius 3 is 3.11 bits per heavy atom. The summed E-state index contributed by atoms with van der Waals surface area (Å²) in [5.41, 5.74) is 0.981. The first kappa shape index (κ1) is 13.5. The van der Waals surface area contributed by atoms with Crippen LogP contribution in [-0.4, -0.2) is 19.6 Å². The number of carbonyl (C=O) groups excluding carboxylic acids is 1. The average Bonchev–Trinajstić information content (AvgIpc) is 2.61. The maximum Gasteiger partial charge on any atom is 0.244 e. The van der Waals surface area contributed by atoms with Crippen molar-refractivity contribution in [3.8, 4) is 11.5 Å². The van der Waals surface area contributed by atoms with Crippen LogP contribution in [0.1, 0.15) is 31.4 Å². The predicted octanol–water partition coefficient (Wildman–Crippen LogP) is 2.60. The van der Waals surface area contributed by atoms with Gasteiger partial charge in [-0.1, -0.05) is 6.08 Å². The number of benzene rings is 1. The summed E-state index contributed by atoms with van der Waals surface area (Å²) in [6.45, 7) is 2.50. The molecule has 1 N–H and O–H groups in total. The van der Waals surface area contributed by atoms with Gasteiger partial charge in [-0.3, -0.25) is 4.79 Å². The Kier molecular flexibility index (Phi) is 4.44. The monoisotopic (exact) mass is 261 g/mol. The molecule has 0 radical (unpaired) electrons. The van der Waals surface area contributed by atoms with Crippen LogP contribution < -0.4 is 14.8 Å². The molecule has 0 spiro atoms. The molecule has 1 heterocycles. The average molecular weight is 261 g/mol. The van der Waals surface area contributed by atoms with E-state index in [2.05, 4.69) is 5.32 Å². The van der Waals surface area contributed by atoms with Gasteiger partial charge in [0, 0.05) is 5.56 Å². The molecule has 0 fully saturated rings. The minimum atomic E-state index is -0.0804. The van der Waals surface area contributed by atoms with Gasteiger partial charge in [-0.05, 0) is 44.0 Å². The zero-order valence-electron chi connectivity index (χ0n) is 11.3. The van der Waals surface area contributed by atoms with Crippen LogP contribution in [0, 0.1) is 0 Å². The van der Waals surface area contributed by atoms with Gasteiger partial charge in [0.2, 0.25) is 5.91 Å². The van der Waals surface area contributed by atoms with Gasteiger partial charge in [-0.25, -0.2) is 0 Å². The van der Waals surface area contributed by atoms with E-state index in [-0.39, 0.29) is 11.9 Å². The maximum absolute atomic E-state index is 11.7. The highest BCUT2D eigenvalue weighted by molar-refractivity contribution is 5.87. The first-order valence-electron chi connectivity index (χ1n) is 6.48. The van der Waals surface area contributed by atoms with Crippen LogP contribution in [-0.2, 0) is 4.79 Å². The van der Waals surface area contributed by atoms with Crippen molar-refractivity contribution in [1.29, 1.82) is 0 Å². The maximum atomic E-state index is 11.7. The van der Waals surface area contributed by atoms with E-state index in [0.29, 0.717) is 6.61 Å². The number of fused-ring (bicyclic) bond motifs is 1. The lowest BCUT2D eigenvalue weighted by atomic mass is 10.0. The van der Waals surface area contributed by atoms with Gasteiger partial charge in [-0.15, -0.1) is 0 Å². The highest BCUT2D eigenvalue weighted by Gasteiger charge is 2.21. The van der Waals surface area contributed by atoms with Gasteiger partial charge in [0.25, 0.3) is 0 Å². The quantitative estimate of drug-likeness (QED) is 0.851. The molecular weight excluding hydrogens is 242 g/mol. The Bertz CT molecular complexity index is 482. The van der Waals surface area contributed by atoms with Crippen LogP contribution in [0.5, 0.6) is 11.5 Å². The predicted molar refractivity (Wildman–Crippen MR) is 73.4 cm³/mol. The molecule has 1 atom stereocenters. The fourth-order valence-electron chi connectivity index (χ4n) is 2.20. The Balaban J connectivity index is 2.27. The number of ether oxygens (including phenoxy) is 2. The summed E-state index contributed by atoms with van der Waals surface area (Å²) in [6, 6.07) is 5.67. The Morgan fingerprint density at radius 2 is 2.37 bits per heavy atom. The van der Waals surface area contributed by atoms with Crippen molar-refractivity contribution in [1.82, 2.24) is 5.32 Å². The molecule has 1 aromatic carbocycles. The van der Waals surface area contributed by atoms with Crippen molar-refractivity contribution in [2.75, 3.05) is 13.7 Å². The van der Waals surface area contributed by atoms with Crippen molar-refractivity contribution < 1.29 is 14.3 Å². The molecule has 0 bridgehead atoms. The molecule has 4 heteroatoms. The lowest BCUT2D eigenvalue weighted by Gasteiger charge is -2.18. The number of nitrogens with one attached hydrogen (secondary N) is 1. The number of methoxy groups -OCH3 is 1. The molecule has 0 aliphatic carbocycles. The van der Waals surface area contributed by atoms with Crippen molar-refractivity contribution in [2.24, 2.45) is 0 Å². The summed E-state index contributed by atoms with van der Waals surface area (Å²) in [5.74, 6) is 1.52. The van der Waals surface area contributed by atoms with E-state index in [1.54, 1.807) is 13.2 Å². The van der Waals surface area contributed by atoms with Gasteiger partial charge in [0.1, 0.15) is 11.5 Å². The number of hydrogen-bond acceptors (Lipinski definition) is 3. The molecule has 0 saturated carbocycles. The van der Waals surface area contributed by atoms with Crippen LogP contribution >= 0.6 is 0 Å². The number of carbonyl (C=O) groups is 1. The zero-order chi connectivity index (χ0) is 13.7. The Morgan fingerprint density at radius 1 is 1.53 bits per heavy atom. The van der Waals surface area contributed by atoms with E-state index in [0.717, 1.165) is 29.9 Å². The minimum Gasteiger partial charge on any atom is -0.497 e. The zero-order valence-corrected chi connectivity index (χ0v) is 11.3. The van der Waals surface area contributed by atoms with Gasteiger partial charge in [0.05, 0.1) is 19.8 Å². The van der Waals surface area contributed by atoms with Gasteiger partial charge < -0.3 is 14.8 Å². The molecule has 19 heavy (non-hydrogen) atoms. The SMILES string of the molecule is C/C=C/C(=O)NC1CCCOc2ccc(OC)cc21. The van der Waals surface area contributed by atoms with Crippen LogP contribution in [0.25, 0.3) is 0 Å². The van der Waals surface area contributed by atoms with Gasteiger partial charge >= 0.3 is 0 Å². The second kappa shape index (κ2) is 6.27. The summed E-state index contributed by atoms with van der Waals surface area (Å²) in [7, 11) is 1.63. The normalized spacial score (nSPS) is 18.3. The summed E-state index contributed by atoms with van der Waals surface area (Å²) in [4.78, 5) is 11.7. The standard InChI is InChI=1S/C15H19NO3/c1-3-5-15(17)16-13-6-4-9-19-14-8-7-11(18-2)10-12(13)14/h3,5,7-8,10,13H,4,6,9H2,1-2H3,(H,16,17)/b5-3+. The molecule has 1 unspecified atom stereocenters. The van der Waals surface area contributed by atoms with E-state index < -0.39 is 0 Å². The lowest BCUT2D eigenvalue weighted by molar-refractivity contribution is -0.117. The summed E-state index contributed by atoms with van der Waals surface area (Å²) in [6.07, 6.45) is 5.04. The van der Waals surface area contributed by atoms with Gasteiger partial charge in [-0.2, -0.15) is 0 Å². The molecule has 1 aromatic rings. The third-order valence-corrected chi connectivity index (χ3v) is 3.12. The number of allylic oxidation sites excluding steroid dienone is 1. The molecule has 1 aliphatic rings. The lowest BCUT2D eigenvalue weighted by Crippen LogP contribution is -2.26. The van der Waals surface area contributed by atoms with E-state index in [1.807, 2.05) is 25.1 Å². The molecule has 1 aliphatic heterocycles. The smallest absolute Gasteiger partial charge is 0.244 e. The molecule has 102 valence electrons. The fraction of sp³-hybridized carbons (Fsp3) is 0.400. The van der Waals surface area contributed by atoms with Crippen molar-refractivity contribution in [2.45, 2.75) is 25.8 Å².